The maximum absolute atomic E-state index is 13.2. The average Bonchev–Trinajstić information content (AvgIpc) is 2.94. The summed E-state index contributed by atoms with van der Waals surface area (Å²) in [5.74, 6) is -1.56. The number of rotatable bonds is 8. The Morgan fingerprint density at radius 1 is 1.02 bits per heavy atom. The highest BCUT2D eigenvalue weighted by atomic mass is 19.3. The number of carbonyl (C=O) groups is 1. The van der Waals surface area contributed by atoms with Crippen LogP contribution in [0.1, 0.15) is 11.3 Å². The first-order valence-corrected chi connectivity index (χ1v) is 13.6. The number of phenols is 1. The van der Waals surface area contributed by atoms with Gasteiger partial charge in [-0.25, -0.2) is 8.78 Å². The maximum Gasteiger partial charge on any atom is 0.318 e. The quantitative estimate of drug-likeness (QED) is 0.336. The molecule has 9 nitrogen and oxygen atoms in total. The molecule has 6 rings (SSSR count). The van der Waals surface area contributed by atoms with Crippen molar-refractivity contribution in [1.82, 2.24) is 19.8 Å². The molecule has 0 amide bonds. The highest BCUT2D eigenvalue weighted by Gasteiger charge is 2.43. The molecule has 3 aliphatic rings. The molecular weight excluding hydrogens is 518 g/mol. The number of benzene rings is 2. The number of aromatic hydroxyl groups is 1. The Bertz CT molecular complexity index is 1420. The van der Waals surface area contributed by atoms with E-state index in [0.29, 0.717) is 13.1 Å². The molecular formula is C29H32F2N6O3. The third-order valence-corrected chi connectivity index (χ3v) is 7.73. The van der Waals surface area contributed by atoms with Gasteiger partial charge in [-0.1, -0.05) is 24.3 Å². The number of halogens is 2. The molecule has 0 saturated carbocycles. The van der Waals surface area contributed by atoms with E-state index in [0.717, 1.165) is 79.0 Å². The molecule has 3 aromatic rings. The van der Waals surface area contributed by atoms with Crippen molar-refractivity contribution in [2.75, 3.05) is 68.8 Å². The molecule has 1 aromatic heterocycles. The normalized spacial score (nSPS) is 19.1. The first-order valence-electron chi connectivity index (χ1n) is 13.6. The summed E-state index contributed by atoms with van der Waals surface area (Å²) in [4.78, 5) is 28.5. The molecule has 0 radical (unpaired) electrons. The Hall–Kier alpha value is -3.99. The molecule has 4 heterocycles. The van der Waals surface area contributed by atoms with Gasteiger partial charge in [0.1, 0.15) is 24.5 Å². The molecule has 2 fully saturated rings. The summed E-state index contributed by atoms with van der Waals surface area (Å²) >= 11 is 0. The number of anilines is 2. The van der Waals surface area contributed by atoms with Gasteiger partial charge in [0.2, 0.25) is 0 Å². The van der Waals surface area contributed by atoms with Crippen molar-refractivity contribution in [2.24, 2.45) is 0 Å². The van der Waals surface area contributed by atoms with Crippen LogP contribution in [0.5, 0.6) is 11.8 Å². The van der Waals surface area contributed by atoms with Crippen molar-refractivity contribution in [3.63, 3.8) is 0 Å². The number of hydrogen-bond donors (Lipinski definition) is 1. The summed E-state index contributed by atoms with van der Waals surface area (Å²) in [6.45, 7) is 4.34. The van der Waals surface area contributed by atoms with Gasteiger partial charge in [-0.05, 0) is 23.9 Å². The minimum atomic E-state index is -2.61. The van der Waals surface area contributed by atoms with E-state index in [4.69, 9.17) is 14.7 Å². The van der Waals surface area contributed by atoms with Crippen molar-refractivity contribution < 1.29 is 23.4 Å². The molecule has 2 aromatic carbocycles. The smallest absolute Gasteiger partial charge is 0.318 e. The lowest BCUT2D eigenvalue weighted by Crippen LogP contribution is -2.57. The first kappa shape index (κ1) is 26.2. The standard InChI is InChI=1S/C29H32F2N6O3/c30-29(31)19-35(20-29)13-15-40-28-32-25-18-37(26-17-22(39)16-21-4-1-2-5-23(21)26)8-6-24(25)27(33-28)36-11-9-34(10-12-36)7-3-14-38/h1-5,7,14,16-17,39H,6,8-13,15,18-20H2. The van der Waals surface area contributed by atoms with Crippen molar-refractivity contribution >= 4 is 28.6 Å². The van der Waals surface area contributed by atoms with E-state index in [1.807, 2.05) is 24.4 Å². The van der Waals surface area contributed by atoms with Crippen molar-refractivity contribution in [3.8, 4) is 11.8 Å². The number of likely N-dealkylation sites (tertiary alicyclic amines) is 1. The fourth-order valence-electron chi connectivity index (χ4n) is 5.73. The van der Waals surface area contributed by atoms with Crippen LogP contribution in [0.25, 0.3) is 10.8 Å². The predicted octanol–water partition coefficient (Wildman–Crippen LogP) is 3.06. The minimum Gasteiger partial charge on any atom is -0.508 e. The number of phenolic OH excluding ortho intramolecular Hbond substituents is 1. The zero-order chi connectivity index (χ0) is 27.7. The lowest BCUT2D eigenvalue weighted by Gasteiger charge is -2.38. The zero-order valence-electron chi connectivity index (χ0n) is 22.2. The summed E-state index contributed by atoms with van der Waals surface area (Å²) in [5, 5.41) is 12.4. The van der Waals surface area contributed by atoms with E-state index in [1.165, 1.54) is 6.08 Å². The van der Waals surface area contributed by atoms with Crippen LogP contribution in [0.4, 0.5) is 20.3 Å². The number of nitrogens with zero attached hydrogens (tertiary/aromatic N) is 6. The zero-order valence-corrected chi connectivity index (χ0v) is 22.2. The average molecular weight is 551 g/mol. The van der Waals surface area contributed by atoms with Crippen LogP contribution < -0.4 is 14.5 Å². The second-order valence-electron chi connectivity index (χ2n) is 10.5. The van der Waals surface area contributed by atoms with Gasteiger partial charge >= 0.3 is 6.01 Å². The Balaban J connectivity index is 1.26. The number of hydrogen-bond acceptors (Lipinski definition) is 9. The third kappa shape index (κ3) is 5.51. The third-order valence-electron chi connectivity index (χ3n) is 7.73. The van der Waals surface area contributed by atoms with Gasteiger partial charge in [0.25, 0.3) is 5.92 Å². The van der Waals surface area contributed by atoms with Crippen molar-refractivity contribution in [2.45, 2.75) is 18.9 Å². The van der Waals surface area contributed by atoms with Crippen LogP contribution >= 0.6 is 0 Å². The number of allylic oxidation sites excluding steroid dienone is 1. The van der Waals surface area contributed by atoms with Crippen molar-refractivity contribution in [3.05, 3.63) is 59.9 Å². The fraction of sp³-hybridized carbons (Fsp3) is 0.414. The Labute approximate surface area is 231 Å². The highest BCUT2D eigenvalue weighted by Crippen LogP contribution is 2.36. The second-order valence-corrected chi connectivity index (χ2v) is 10.5. The van der Waals surface area contributed by atoms with E-state index in [-0.39, 0.29) is 31.5 Å². The van der Waals surface area contributed by atoms with E-state index in [2.05, 4.69) is 20.8 Å². The SMILES string of the molecule is O=CC=CN1CCN(c2nc(OCCN3CC(F)(F)C3)nc3c2CCN(c2cc(O)cc4ccccc24)C3)CC1. The van der Waals surface area contributed by atoms with E-state index in [9.17, 15) is 18.7 Å². The van der Waals surface area contributed by atoms with E-state index < -0.39 is 5.92 Å². The molecule has 0 bridgehead atoms. The monoisotopic (exact) mass is 550 g/mol. The summed E-state index contributed by atoms with van der Waals surface area (Å²) in [5.41, 5.74) is 2.88. The highest BCUT2D eigenvalue weighted by molar-refractivity contribution is 5.95. The van der Waals surface area contributed by atoms with Crippen molar-refractivity contribution in [1.29, 1.82) is 0 Å². The Morgan fingerprint density at radius 3 is 2.60 bits per heavy atom. The van der Waals surface area contributed by atoms with E-state index >= 15 is 0 Å². The molecule has 0 unspecified atom stereocenters. The number of aldehydes is 1. The van der Waals surface area contributed by atoms with Gasteiger partial charge in [-0.3, -0.25) is 9.69 Å². The van der Waals surface area contributed by atoms with Crippen LogP contribution in [0, 0.1) is 0 Å². The summed E-state index contributed by atoms with van der Waals surface area (Å²) in [7, 11) is 0. The van der Waals surface area contributed by atoms with Crippen LogP contribution in [0.3, 0.4) is 0 Å². The molecule has 0 spiro atoms. The molecule has 40 heavy (non-hydrogen) atoms. The number of carbonyl (C=O) groups excluding carboxylic acids is 1. The van der Waals surface area contributed by atoms with Gasteiger partial charge in [-0.15, -0.1) is 0 Å². The Kier molecular flexibility index (Phi) is 7.14. The Morgan fingerprint density at radius 2 is 1.82 bits per heavy atom. The molecule has 2 saturated heterocycles. The number of fused-ring (bicyclic) bond motifs is 2. The molecule has 3 aliphatic heterocycles. The topological polar surface area (TPSA) is 85.3 Å². The summed E-state index contributed by atoms with van der Waals surface area (Å²) < 4.78 is 32.4. The summed E-state index contributed by atoms with van der Waals surface area (Å²) in [6.07, 6.45) is 4.82. The predicted molar refractivity (Wildman–Crippen MR) is 148 cm³/mol. The van der Waals surface area contributed by atoms with Gasteiger partial charge < -0.3 is 24.5 Å². The van der Waals surface area contributed by atoms with Gasteiger partial charge in [0.05, 0.1) is 25.3 Å². The number of alkyl halides is 2. The number of aromatic nitrogens is 2. The van der Waals surface area contributed by atoms with Gasteiger partial charge in [-0.2, -0.15) is 9.97 Å². The maximum atomic E-state index is 13.2. The molecule has 0 aliphatic carbocycles. The largest absolute Gasteiger partial charge is 0.508 e. The lowest BCUT2D eigenvalue weighted by atomic mass is 10.0. The summed E-state index contributed by atoms with van der Waals surface area (Å²) in [6, 6.07) is 11.8. The van der Waals surface area contributed by atoms with Gasteiger partial charge in [0.15, 0.2) is 0 Å². The fourth-order valence-corrected chi connectivity index (χ4v) is 5.73. The van der Waals surface area contributed by atoms with E-state index in [1.54, 1.807) is 17.0 Å². The first-order chi connectivity index (χ1) is 19.4. The molecule has 11 heteroatoms. The molecule has 0 atom stereocenters. The number of ether oxygens (including phenoxy) is 1. The van der Waals surface area contributed by atoms with Gasteiger partial charge in [0, 0.05) is 68.2 Å². The second kappa shape index (κ2) is 10.9. The minimum absolute atomic E-state index is 0.213. The number of piperazine rings is 1. The van der Waals surface area contributed by atoms with Crippen LogP contribution in [-0.2, 0) is 17.8 Å². The van der Waals surface area contributed by atoms with Crippen LogP contribution in [-0.4, -0.2) is 96.0 Å². The van der Waals surface area contributed by atoms with Crippen LogP contribution in [0.15, 0.2) is 48.7 Å². The lowest BCUT2D eigenvalue weighted by molar-refractivity contribution is -0.132. The van der Waals surface area contributed by atoms with Crippen LogP contribution in [0.2, 0.25) is 0 Å². The molecule has 210 valence electrons. The molecule has 1 N–H and O–H groups in total.